The molecule has 0 aromatic heterocycles. The van der Waals surface area contributed by atoms with Crippen molar-refractivity contribution in [1.82, 2.24) is 0 Å². The van der Waals surface area contributed by atoms with Gasteiger partial charge in [0, 0.05) is 4.43 Å². The van der Waals surface area contributed by atoms with Crippen molar-refractivity contribution in [2.45, 2.75) is 4.43 Å². The van der Waals surface area contributed by atoms with Crippen LogP contribution in [0.5, 0.6) is 0 Å². The second kappa shape index (κ2) is 4.44. The molecule has 1 rings (SSSR count). The molecule has 0 heterocycles. The maximum atomic E-state index is 10.7. The lowest BCUT2D eigenvalue weighted by atomic mass is 10.2. The van der Waals surface area contributed by atoms with Crippen LogP contribution in [0.2, 0.25) is 5.02 Å². The Kier molecular flexibility index (Phi) is 3.80. The Bertz CT molecular complexity index is 312. The lowest BCUT2D eigenvalue weighted by molar-refractivity contribution is 0.108. The molecule has 0 radical (unpaired) electrons. The van der Waals surface area contributed by atoms with Crippen molar-refractivity contribution in [3.63, 3.8) is 0 Å². The second-order valence-electron chi connectivity index (χ2n) is 2.22. The van der Waals surface area contributed by atoms with Crippen molar-refractivity contribution in [2.75, 3.05) is 0 Å². The minimum atomic E-state index is -0.514. The van der Waals surface area contributed by atoms with E-state index in [9.17, 15) is 4.79 Å². The topological polar surface area (TPSA) is 17.1 Å². The number of rotatable bonds is 2. The molecule has 0 N–H and O–H groups in total. The Morgan fingerprint density at radius 2 is 2.17 bits per heavy atom. The highest BCUT2D eigenvalue weighted by Gasteiger charge is 2.06. The fourth-order valence-electron chi connectivity index (χ4n) is 0.801. The number of carbonyl (C=O) groups is 1. The van der Waals surface area contributed by atoms with Gasteiger partial charge in [-0.3, -0.25) is 4.79 Å². The van der Waals surface area contributed by atoms with Gasteiger partial charge in [-0.2, -0.15) is 0 Å². The summed E-state index contributed by atoms with van der Waals surface area (Å²) >= 11 is 13.3. The Balaban J connectivity index is 3.12. The summed E-state index contributed by atoms with van der Waals surface area (Å²) in [6.45, 7) is 0. The second-order valence-corrected chi connectivity index (χ2v) is 3.73. The molecule has 0 saturated carbocycles. The van der Waals surface area contributed by atoms with Gasteiger partial charge in [0.2, 0.25) is 0 Å². The van der Waals surface area contributed by atoms with E-state index in [0.717, 1.165) is 9.99 Å². The summed E-state index contributed by atoms with van der Waals surface area (Å²) in [6, 6.07) is 5.24. The van der Waals surface area contributed by atoms with Gasteiger partial charge >= 0.3 is 0 Å². The lowest BCUT2D eigenvalue weighted by Gasteiger charge is -2.00. The van der Waals surface area contributed by atoms with Crippen LogP contribution in [0.3, 0.4) is 0 Å². The van der Waals surface area contributed by atoms with Crippen molar-refractivity contribution >= 4 is 51.0 Å². The molecule has 64 valence electrons. The molecule has 0 atom stereocenters. The van der Waals surface area contributed by atoms with Crippen molar-refractivity contribution in [3.8, 4) is 0 Å². The standard InChI is InChI=1S/C8H5Cl2IO/c9-7-3-5(4-11)1-2-6(7)8(10)12/h1-3H,4H2. The zero-order chi connectivity index (χ0) is 9.14. The Labute approximate surface area is 94.2 Å². The largest absolute Gasteiger partial charge is 0.276 e. The summed E-state index contributed by atoms with van der Waals surface area (Å²) in [6.07, 6.45) is 0. The highest BCUT2D eigenvalue weighted by Crippen LogP contribution is 2.20. The van der Waals surface area contributed by atoms with E-state index in [1.165, 1.54) is 0 Å². The predicted molar refractivity (Wildman–Crippen MR) is 59.4 cm³/mol. The summed E-state index contributed by atoms with van der Waals surface area (Å²) in [5, 5.41) is -0.0934. The first kappa shape index (κ1) is 10.3. The molecule has 0 aliphatic rings. The van der Waals surface area contributed by atoms with Gasteiger partial charge in [0.05, 0.1) is 10.6 Å². The van der Waals surface area contributed by atoms with E-state index < -0.39 is 5.24 Å². The van der Waals surface area contributed by atoms with Crippen LogP contribution in [0.1, 0.15) is 15.9 Å². The number of alkyl halides is 1. The molecular weight excluding hydrogens is 310 g/mol. The molecule has 1 aromatic carbocycles. The van der Waals surface area contributed by atoms with Crippen LogP contribution >= 0.6 is 45.8 Å². The SMILES string of the molecule is O=C(Cl)c1ccc(CI)cc1Cl. The molecule has 0 bridgehead atoms. The maximum absolute atomic E-state index is 10.7. The van der Waals surface area contributed by atoms with Crippen LogP contribution in [0.4, 0.5) is 0 Å². The zero-order valence-electron chi connectivity index (χ0n) is 5.98. The molecule has 1 nitrogen and oxygen atoms in total. The summed E-state index contributed by atoms with van der Waals surface area (Å²) in [7, 11) is 0. The third-order valence-corrected chi connectivity index (χ3v) is 2.80. The molecule has 0 aliphatic heterocycles. The first-order valence-electron chi connectivity index (χ1n) is 3.19. The first-order valence-corrected chi connectivity index (χ1v) is 5.47. The lowest BCUT2D eigenvalue weighted by Crippen LogP contribution is -1.90. The molecular formula is C8H5Cl2IO. The summed E-state index contributed by atoms with van der Waals surface area (Å²) in [4.78, 5) is 10.7. The Hall–Kier alpha value is 0.200. The molecule has 0 aliphatic carbocycles. The maximum Gasteiger partial charge on any atom is 0.253 e. The molecule has 1 aromatic rings. The normalized spacial score (nSPS) is 9.92. The fraction of sp³-hybridized carbons (Fsp3) is 0.125. The van der Waals surface area contributed by atoms with E-state index in [0.29, 0.717) is 10.6 Å². The number of hydrogen-bond acceptors (Lipinski definition) is 1. The Morgan fingerprint density at radius 1 is 1.50 bits per heavy atom. The number of hydrogen-bond donors (Lipinski definition) is 0. The van der Waals surface area contributed by atoms with E-state index in [4.69, 9.17) is 23.2 Å². The van der Waals surface area contributed by atoms with Gasteiger partial charge in [-0.1, -0.05) is 40.3 Å². The van der Waals surface area contributed by atoms with Crippen LogP contribution in [0, 0.1) is 0 Å². The smallest absolute Gasteiger partial charge is 0.253 e. The predicted octanol–water partition coefficient (Wildman–Crippen LogP) is 3.65. The number of benzene rings is 1. The van der Waals surface area contributed by atoms with Crippen LogP contribution in [-0.2, 0) is 4.43 Å². The van der Waals surface area contributed by atoms with Gasteiger partial charge in [-0.25, -0.2) is 0 Å². The average Bonchev–Trinajstić information content (AvgIpc) is 2.03. The third-order valence-electron chi connectivity index (χ3n) is 1.40. The number of halogens is 3. The van der Waals surface area contributed by atoms with E-state index in [2.05, 4.69) is 22.6 Å². The first-order chi connectivity index (χ1) is 5.65. The summed E-state index contributed by atoms with van der Waals surface area (Å²) < 4.78 is 0.869. The van der Waals surface area contributed by atoms with Crippen molar-refractivity contribution in [2.24, 2.45) is 0 Å². The van der Waals surface area contributed by atoms with Crippen molar-refractivity contribution in [3.05, 3.63) is 34.3 Å². The van der Waals surface area contributed by atoms with Gasteiger partial charge in [-0.05, 0) is 29.3 Å². The van der Waals surface area contributed by atoms with E-state index >= 15 is 0 Å². The molecule has 0 fully saturated rings. The van der Waals surface area contributed by atoms with Gasteiger partial charge in [-0.15, -0.1) is 0 Å². The minimum Gasteiger partial charge on any atom is -0.276 e. The van der Waals surface area contributed by atoms with Crippen LogP contribution < -0.4 is 0 Å². The molecule has 4 heteroatoms. The van der Waals surface area contributed by atoms with Gasteiger partial charge in [0.25, 0.3) is 5.24 Å². The third kappa shape index (κ3) is 2.34. The van der Waals surface area contributed by atoms with E-state index in [1.807, 2.05) is 6.07 Å². The summed E-state index contributed by atoms with van der Waals surface area (Å²) in [5.41, 5.74) is 1.45. The van der Waals surface area contributed by atoms with Gasteiger partial charge in [0.1, 0.15) is 0 Å². The average molecular weight is 315 g/mol. The highest BCUT2D eigenvalue weighted by molar-refractivity contribution is 14.1. The Morgan fingerprint density at radius 3 is 2.58 bits per heavy atom. The zero-order valence-corrected chi connectivity index (χ0v) is 9.65. The van der Waals surface area contributed by atoms with Crippen molar-refractivity contribution in [1.29, 1.82) is 0 Å². The molecule has 0 spiro atoms. The van der Waals surface area contributed by atoms with Crippen LogP contribution in [0.25, 0.3) is 0 Å². The minimum absolute atomic E-state index is 0.368. The van der Waals surface area contributed by atoms with Gasteiger partial charge < -0.3 is 0 Å². The molecule has 12 heavy (non-hydrogen) atoms. The quantitative estimate of drug-likeness (QED) is 0.462. The van der Waals surface area contributed by atoms with Gasteiger partial charge in [0.15, 0.2) is 0 Å². The fourth-order valence-corrected chi connectivity index (χ4v) is 1.78. The van der Waals surface area contributed by atoms with E-state index in [-0.39, 0.29) is 0 Å². The number of carbonyl (C=O) groups excluding carboxylic acids is 1. The van der Waals surface area contributed by atoms with Crippen molar-refractivity contribution < 1.29 is 4.79 Å². The van der Waals surface area contributed by atoms with Crippen LogP contribution in [-0.4, -0.2) is 5.24 Å². The summed E-state index contributed by atoms with van der Waals surface area (Å²) in [5.74, 6) is 0. The molecule has 0 saturated heterocycles. The molecule has 0 unspecified atom stereocenters. The molecule has 0 amide bonds. The monoisotopic (exact) mass is 314 g/mol. The van der Waals surface area contributed by atoms with Crippen LogP contribution in [0.15, 0.2) is 18.2 Å². The van der Waals surface area contributed by atoms with E-state index in [1.54, 1.807) is 12.1 Å². The highest BCUT2D eigenvalue weighted by atomic mass is 127.